The Kier molecular flexibility index (Phi) is 3.93. The number of ether oxygens (including phenoxy) is 1. The lowest BCUT2D eigenvalue weighted by molar-refractivity contribution is 0.0695. The summed E-state index contributed by atoms with van der Waals surface area (Å²) >= 11 is 11.9. The van der Waals surface area contributed by atoms with E-state index in [-0.39, 0.29) is 16.5 Å². The zero-order chi connectivity index (χ0) is 14.0. The summed E-state index contributed by atoms with van der Waals surface area (Å²) in [5.74, 6) is -0.409. The maximum Gasteiger partial charge on any atom is 0.337 e. The van der Waals surface area contributed by atoms with Gasteiger partial charge in [-0.2, -0.15) is 0 Å². The van der Waals surface area contributed by atoms with Gasteiger partial charge in [-0.25, -0.2) is 9.78 Å². The van der Waals surface area contributed by atoms with Crippen LogP contribution in [-0.4, -0.2) is 16.1 Å². The fourth-order valence-electron chi connectivity index (χ4n) is 1.50. The van der Waals surface area contributed by atoms with Crippen LogP contribution in [0.25, 0.3) is 0 Å². The first-order chi connectivity index (χ1) is 8.99. The van der Waals surface area contributed by atoms with E-state index in [0.717, 1.165) is 0 Å². The number of carboxylic acids is 1. The summed E-state index contributed by atoms with van der Waals surface area (Å²) in [7, 11) is 0. The van der Waals surface area contributed by atoms with Crippen LogP contribution in [0, 0.1) is 6.92 Å². The number of aromatic carboxylic acids is 1. The van der Waals surface area contributed by atoms with Crippen molar-refractivity contribution in [3.63, 3.8) is 0 Å². The van der Waals surface area contributed by atoms with Gasteiger partial charge in [0.1, 0.15) is 10.8 Å². The van der Waals surface area contributed by atoms with Crippen molar-refractivity contribution in [2.24, 2.45) is 0 Å². The van der Waals surface area contributed by atoms with Gasteiger partial charge in [0.2, 0.25) is 5.88 Å². The number of carbonyl (C=O) groups is 1. The second-order valence-corrected chi connectivity index (χ2v) is 4.53. The molecule has 1 aromatic carbocycles. The highest BCUT2D eigenvalue weighted by Crippen LogP contribution is 2.34. The standard InChI is InChI=1S/C13H9Cl2NO3/c1-7-8(13(17)18)5-6-11(16-7)19-10-4-2-3-9(14)12(10)15/h2-6H,1H3,(H,17,18). The van der Waals surface area contributed by atoms with Crippen molar-refractivity contribution in [3.05, 3.63) is 51.6 Å². The van der Waals surface area contributed by atoms with Crippen molar-refractivity contribution in [1.29, 1.82) is 0 Å². The number of pyridine rings is 1. The number of aromatic nitrogens is 1. The third kappa shape index (κ3) is 2.97. The van der Waals surface area contributed by atoms with E-state index in [9.17, 15) is 4.79 Å². The maximum absolute atomic E-state index is 10.9. The van der Waals surface area contributed by atoms with E-state index in [1.54, 1.807) is 25.1 Å². The minimum atomic E-state index is -1.03. The van der Waals surface area contributed by atoms with E-state index in [4.69, 9.17) is 33.0 Å². The Bertz CT molecular complexity index is 644. The first kappa shape index (κ1) is 13.6. The minimum Gasteiger partial charge on any atom is -0.478 e. The lowest BCUT2D eigenvalue weighted by Crippen LogP contribution is -2.02. The quantitative estimate of drug-likeness (QED) is 0.923. The van der Waals surface area contributed by atoms with Gasteiger partial charge in [0, 0.05) is 6.07 Å². The van der Waals surface area contributed by atoms with Crippen molar-refractivity contribution in [2.75, 3.05) is 0 Å². The van der Waals surface area contributed by atoms with Crippen LogP contribution in [0.15, 0.2) is 30.3 Å². The number of hydrogen-bond donors (Lipinski definition) is 1. The van der Waals surface area contributed by atoms with Gasteiger partial charge in [0.25, 0.3) is 0 Å². The highest BCUT2D eigenvalue weighted by atomic mass is 35.5. The van der Waals surface area contributed by atoms with Crippen LogP contribution in [0.1, 0.15) is 16.1 Å². The molecule has 0 atom stereocenters. The van der Waals surface area contributed by atoms with E-state index in [1.807, 2.05) is 0 Å². The van der Waals surface area contributed by atoms with Gasteiger partial charge in [-0.1, -0.05) is 29.3 Å². The number of carboxylic acid groups (broad SMARTS) is 1. The highest BCUT2D eigenvalue weighted by Gasteiger charge is 2.11. The molecule has 0 spiro atoms. The fourth-order valence-corrected chi connectivity index (χ4v) is 1.83. The molecular formula is C13H9Cl2NO3. The molecule has 1 aromatic heterocycles. The van der Waals surface area contributed by atoms with E-state index >= 15 is 0 Å². The van der Waals surface area contributed by atoms with Crippen LogP contribution in [-0.2, 0) is 0 Å². The Morgan fingerprint density at radius 3 is 2.63 bits per heavy atom. The molecule has 1 heterocycles. The summed E-state index contributed by atoms with van der Waals surface area (Å²) in [5, 5.41) is 9.56. The Morgan fingerprint density at radius 2 is 2.00 bits per heavy atom. The number of benzene rings is 1. The molecule has 98 valence electrons. The van der Waals surface area contributed by atoms with E-state index < -0.39 is 5.97 Å². The number of halogens is 2. The molecule has 0 aliphatic carbocycles. The van der Waals surface area contributed by atoms with Gasteiger partial charge >= 0.3 is 5.97 Å². The molecule has 0 saturated carbocycles. The summed E-state index contributed by atoms with van der Waals surface area (Å²) in [5.41, 5.74) is 0.493. The number of hydrogen-bond acceptors (Lipinski definition) is 3. The third-order valence-electron chi connectivity index (χ3n) is 2.42. The lowest BCUT2D eigenvalue weighted by atomic mass is 10.2. The first-order valence-corrected chi connectivity index (χ1v) is 6.07. The molecule has 4 nitrogen and oxygen atoms in total. The van der Waals surface area contributed by atoms with Gasteiger partial charge in [-0.05, 0) is 25.1 Å². The molecule has 2 rings (SSSR count). The molecule has 6 heteroatoms. The van der Waals surface area contributed by atoms with Crippen molar-refractivity contribution >= 4 is 29.2 Å². The smallest absolute Gasteiger partial charge is 0.337 e. The number of aryl methyl sites for hydroxylation is 1. The van der Waals surface area contributed by atoms with Gasteiger partial charge in [-0.3, -0.25) is 0 Å². The molecular weight excluding hydrogens is 289 g/mol. The van der Waals surface area contributed by atoms with E-state index in [0.29, 0.717) is 16.5 Å². The second kappa shape index (κ2) is 5.47. The van der Waals surface area contributed by atoms with Crippen LogP contribution in [0.3, 0.4) is 0 Å². The molecule has 0 aliphatic rings. The molecule has 0 amide bonds. The van der Waals surface area contributed by atoms with Crippen molar-refractivity contribution in [3.8, 4) is 11.6 Å². The molecule has 0 bridgehead atoms. The normalized spacial score (nSPS) is 10.3. The third-order valence-corrected chi connectivity index (χ3v) is 3.22. The number of rotatable bonds is 3. The summed E-state index contributed by atoms with van der Waals surface area (Å²) in [6, 6.07) is 7.88. The molecule has 0 fully saturated rings. The zero-order valence-corrected chi connectivity index (χ0v) is 11.4. The summed E-state index contributed by atoms with van der Waals surface area (Å²) < 4.78 is 5.49. The van der Waals surface area contributed by atoms with E-state index in [2.05, 4.69) is 4.98 Å². The topological polar surface area (TPSA) is 59.4 Å². The lowest BCUT2D eigenvalue weighted by Gasteiger charge is -2.08. The van der Waals surface area contributed by atoms with Gasteiger partial charge in [-0.15, -0.1) is 0 Å². The second-order valence-electron chi connectivity index (χ2n) is 3.74. The van der Waals surface area contributed by atoms with Crippen molar-refractivity contribution < 1.29 is 14.6 Å². The highest BCUT2D eigenvalue weighted by molar-refractivity contribution is 6.42. The monoisotopic (exact) mass is 297 g/mol. The molecule has 0 aliphatic heterocycles. The predicted molar refractivity (Wildman–Crippen MR) is 72.5 cm³/mol. The van der Waals surface area contributed by atoms with Crippen LogP contribution in [0.5, 0.6) is 11.6 Å². The summed E-state index contributed by atoms with van der Waals surface area (Å²) in [6.07, 6.45) is 0. The SMILES string of the molecule is Cc1nc(Oc2cccc(Cl)c2Cl)ccc1C(=O)O. The Morgan fingerprint density at radius 1 is 1.26 bits per heavy atom. The largest absolute Gasteiger partial charge is 0.478 e. The fraction of sp³-hybridized carbons (Fsp3) is 0.0769. The Labute approximate surface area is 119 Å². The molecule has 19 heavy (non-hydrogen) atoms. The van der Waals surface area contributed by atoms with Crippen LogP contribution in [0.2, 0.25) is 10.0 Å². The van der Waals surface area contributed by atoms with Crippen LogP contribution >= 0.6 is 23.2 Å². The van der Waals surface area contributed by atoms with Gasteiger partial charge < -0.3 is 9.84 Å². The first-order valence-electron chi connectivity index (χ1n) is 5.32. The van der Waals surface area contributed by atoms with Crippen molar-refractivity contribution in [2.45, 2.75) is 6.92 Å². The predicted octanol–water partition coefficient (Wildman–Crippen LogP) is 4.19. The van der Waals surface area contributed by atoms with Crippen LogP contribution in [0.4, 0.5) is 0 Å². The average Bonchev–Trinajstić information content (AvgIpc) is 2.34. The molecule has 2 aromatic rings. The molecule has 0 saturated heterocycles. The average molecular weight is 298 g/mol. The summed E-state index contributed by atoms with van der Waals surface area (Å²) in [6.45, 7) is 1.59. The zero-order valence-electron chi connectivity index (χ0n) is 9.85. The minimum absolute atomic E-state index is 0.129. The Balaban J connectivity index is 2.32. The van der Waals surface area contributed by atoms with Gasteiger partial charge in [0.15, 0.2) is 0 Å². The van der Waals surface area contributed by atoms with Crippen molar-refractivity contribution in [1.82, 2.24) is 4.98 Å². The number of nitrogens with zero attached hydrogens (tertiary/aromatic N) is 1. The molecule has 1 N–H and O–H groups in total. The van der Waals surface area contributed by atoms with Gasteiger partial charge in [0.05, 0.1) is 16.3 Å². The van der Waals surface area contributed by atoms with Crippen LogP contribution < -0.4 is 4.74 Å². The Hall–Kier alpha value is -1.78. The summed E-state index contributed by atoms with van der Waals surface area (Å²) in [4.78, 5) is 14.9. The molecule has 0 unspecified atom stereocenters. The molecule has 0 radical (unpaired) electrons. The maximum atomic E-state index is 10.9. The van der Waals surface area contributed by atoms with E-state index in [1.165, 1.54) is 12.1 Å².